The fraction of sp³-hybridized carbons (Fsp3) is 0.333. The van der Waals surface area contributed by atoms with Gasteiger partial charge < -0.3 is 9.47 Å². The van der Waals surface area contributed by atoms with E-state index in [-0.39, 0.29) is 5.82 Å². The summed E-state index contributed by atoms with van der Waals surface area (Å²) in [6.07, 6.45) is 2.71. The summed E-state index contributed by atoms with van der Waals surface area (Å²) in [7, 11) is 1.67. The van der Waals surface area contributed by atoms with E-state index in [4.69, 9.17) is 9.47 Å². The minimum Gasteiger partial charge on any atom is -0.493 e. The van der Waals surface area contributed by atoms with E-state index in [0.29, 0.717) is 6.61 Å². The average Bonchev–Trinajstić information content (AvgIpc) is 2.80. The van der Waals surface area contributed by atoms with E-state index in [0.717, 1.165) is 67.1 Å². The number of ether oxygens (including phenoxy) is 2. The summed E-state index contributed by atoms with van der Waals surface area (Å²) in [5, 5.41) is 0. The number of hydrogen-bond donors (Lipinski definition) is 0. The van der Waals surface area contributed by atoms with Crippen LogP contribution in [0.3, 0.4) is 0 Å². The zero-order valence-corrected chi connectivity index (χ0v) is 18.5. The first-order valence-electron chi connectivity index (χ1n) is 11.0. The van der Waals surface area contributed by atoms with Crippen LogP contribution in [0.15, 0.2) is 72.8 Å². The van der Waals surface area contributed by atoms with Crippen molar-refractivity contribution >= 4 is 0 Å². The summed E-state index contributed by atoms with van der Waals surface area (Å²) in [6.45, 7) is 5.33. The molecule has 0 N–H and O–H groups in total. The van der Waals surface area contributed by atoms with Gasteiger partial charge in [0.1, 0.15) is 12.4 Å². The minimum atomic E-state index is -0.117. The molecule has 0 aromatic heterocycles. The van der Waals surface area contributed by atoms with Gasteiger partial charge >= 0.3 is 0 Å². The van der Waals surface area contributed by atoms with Crippen LogP contribution in [0.5, 0.6) is 11.5 Å². The number of nitrogens with zero attached hydrogens (tertiary/aromatic N) is 1. The predicted octanol–water partition coefficient (Wildman–Crippen LogP) is 6.26. The average molecular weight is 422 g/mol. The zero-order chi connectivity index (χ0) is 21.9. The molecule has 0 amide bonds. The van der Waals surface area contributed by atoms with E-state index in [9.17, 15) is 4.39 Å². The molecular weight excluding hydrogens is 389 g/mol. The maximum absolute atomic E-state index is 13.9. The van der Waals surface area contributed by atoms with Gasteiger partial charge in [-0.15, -0.1) is 0 Å². The van der Waals surface area contributed by atoms with Crippen LogP contribution in [0.1, 0.15) is 36.5 Å². The molecule has 0 radical (unpaired) electrons. The van der Waals surface area contributed by atoms with E-state index in [1.165, 1.54) is 6.07 Å². The van der Waals surface area contributed by atoms with E-state index in [2.05, 4.69) is 30.0 Å². The van der Waals surface area contributed by atoms with Crippen LogP contribution < -0.4 is 9.47 Å². The van der Waals surface area contributed by atoms with Crippen molar-refractivity contribution in [2.45, 2.75) is 39.3 Å². The Morgan fingerprint density at radius 2 is 1.58 bits per heavy atom. The summed E-state index contributed by atoms with van der Waals surface area (Å²) in [5.74, 6) is 1.43. The fourth-order valence-electron chi connectivity index (χ4n) is 3.76. The molecule has 0 saturated carbocycles. The first-order valence-corrected chi connectivity index (χ1v) is 11.0. The molecule has 0 heterocycles. The Kier molecular flexibility index (Phi) is 8.92. The second-order valence-electron chi connectivity index (χ2n) is 7.69. The number of halogens is 1. The molecule has 0 aliphatic rings. The van der Waals surface area contributed by atoms with Gasteiger partial charge in [0.2, 0.25) is 0 Å². The molecule has 3 nitrogen and oxygen atoms in total. The Morgan fingerprint density at radius 3 is 2.32 bits per heavy atom. The molecule has 0 aliphatic heterocycles. The van der Waals surface area contributed by atoms with Gasteiger partial charge in [0.25, 0.3) is 0 Å². The Morgan fingerprint density at radius 1 is 0.839 bits per heavy atom. The highest BCUT2D eigenvalue weighted by molar-refractivity contribution is 5.46. The van der Waals surface area contributed by atoms with Crippen molar-refractivity contribution in [1.29, 1.82) is 0 Å². The molecular formula is C27H32FNO2. The van der Waals surface area contributed by atoms with Crippen molar-refractivity contribution in [2.24, 2.45) is 0 Å². The first-order chi connectivity index (χ1) is 15.2. The van der Waals surface area contributed by atoms with E-state index in [1.54, 1.807) is 13.2 Å². The third-order valence-corrected chi connectivity index (χ3v) is 5.32. The monoisotopic (exact) mass is 421 g/mol. The normalized spacial score (nSPS) is 11.0. The van der Waals surface area contributed by atoms with Gasteiger partial charge in [-0.1, -0.05) is 67.6 Å². The number of hydrogen-bond acceptors (Lipinski definition) is 3. The number of benzene rings is 3. The molecule has 4 heteroatoms. The van der Waals surface area contributed by atoms with Crippen LogP contribution in [0.25, 0.3) is 0 Å². The zero-order valence-electron chi connectivity index (χ0n) is 18.5. The second-order valence-corrected chi connectivity index (χ2v) is 7.69. The van der Waals surface area contributed by atoms with Crippen LogP contribution in [0.2, 0.25) is 0 Å². The molecule has 164 valence electrons. The maximum Gasteiger partial charge on any atom is 0.166 e. The Bertz CT molecular complexity index is 930. The minimum absolute atomic E-state index is 0.117. The molecule has 0 unspecified atom stereocenters. The summed E-state index contributed by atoms with van der Waals surface area (Å²) in [5.41, 5.74) is 3.01. The van der Waals surface area contributed by atoms with Gasteiger partial charge in [0.05, 0.1) is 7.11 Å². The third-order valence-electron chi connectivity index (χ3n) is 5.32. The lowest BCUT2D eigenvalue weighted by Gasteiger charge is -2.24. The molecule has 3 rings (SSSR count). The van der Waals surface area contributed by atoms with Gasteiger partial charge in [-0.2, -0.15) is 0 Å². The lowest BCUT2D eigenvalue weighted by Crippen LogP contribution is -2.26. The highest BCUT2D eigenvalue weighted by atomic mass is 19.1. The molecule has 0 bridgehead atoms. The van der Waals surface area contributed by atoms with E-state index < -0.39 is 0 Å². The molecule has 0 atom stereocenters. The van der Waals surface area contributed by atoms with Crippen molar-refractivity contribution in [3.05, 3.63) is 95.3 Å². The Hall–Kier alpha value is -2.85. The standard InChI is InChI=1S/C27H32FNO2/c1-3-18-29(19-10-15-23-13-7-8-16-25(23)28)20-24-14-9-17-26(30-2)27(24)31-21-22-11-5-4-6-12-22/h4-9,11-14,16-17H,3,10,15,18-21H2,1-2H3. The summed E-state index contributed by atoms with van der Waals surface area (Å²) >= 11 is 0. The molecule has 3 aromatic rings. The van der Waals surface area contributed by atoms with Crippen LogP contribution in [-0.4, -0.2) is 25.1 Å². The quantitative estimate of drug-likeness (QED) is 0.345. The Labute approximate surface area is 185 Å². The Balaban J connectivity index is 1.67. The highest BCUT2D eigenvalue weighted by Gasteiger charge is 2.15. The smallest absolute Gasteiger partial charge is 0.166 e. The van der Waals surface area contributed by atoms with Crippen molar-refractivity contribution in [1.82, 2.24) is 4.90 Å². The van der Waals surface area contributed by atoms with E-state index >= 15 is 0 Å². The van der Waals surface area contributed by atoms with Crippen LogP contribution in [0, 0.1) is 5.82 Å². The lowest BCUT2D eigenvalue weighted by molar-refractivity contribution is 0.245. The van der Waals surface area contributed by atoms with Gasteiger partial charge in [-0.3, -0.25) is 4.90 Å². The molecule has 0 spiro atoms. The SMILES string of the molecule is CCCN(CCCc1ccccc1F)Cc1cccc(OC)c1OCc1ccccc1. The van der Waals surface area contributed by atoms with Crippen LogP contribution >= 0.6 is 0 Å². The number of aryl methyl sites for hydroxylation is 1. The topological polar surface area (TPSA) is 21.7 Å². The van der Waals surface area contributed by atoms with Crippen molar-refractivity contribution in [3.63, 3.8) is 0 Å². The third kappa shape index (κ3) is 6.83. The first kappa shape index (κ1) is 22.8. The molecule has 0 fully saturated rings. The number of methoxy groups -OCH3 is 1. The molecule has 31 heavy (non-hydrogen) atoms. The van der Waals surface area contributed by atoms with Crippen LogP contribution in [-0.2, 0) is 19.6 Å². The number of rotatable bonds is 12. The second kappa shape index (κ2) is 12.1. The van der Waals surface area contributed by atoms with Crippen molar-refractivity contribution in [3.8, 4) is 11.5 Å². The van der Waals surface area contributed by atoms with Crippen molar-refractivity contribution < 1.29 is 13.9 Å². The molecule has 3 aromatic carbocycles. The highest BCUT2D eigenvalue weighted by Crippen LogP contribution is 2.33. The summed E-state index contributed by atoms with van der Waals surface area (Å²) in [6, 6.07) is 23.2. The fourth-order valence-corrected chi connectivity index (χ4v) is 3.76. The number of para-hydroxylation sites is 1. The van der Waals surface area contributed by atoms with Gasteiger partial charge in [0.15, 0.2) is 11.5 Å². The van der Waals surface area contributed by atoms with E-state index in [1.807, 2.05) is 42.5 Å². The maximum atomic E-state index is 13.9. The van der Waals surface area contributed by atoms with Gasteiger partial charge in [-0.25, -0.2) is 4.39 Å². The summed E-state index contributed by atoms with van der Waals surface area (Å²) in [4.78, 5) is 2.41. The van der Waals surface area contributed by atoms with Crippen LogP contribution in [0.4, 0.5) is 4.39 Å². The summed E-state index contributed by atoms with van der Waals surface area (Å²) < 4.78 is 25.7. The van der Waals surface area contributed by atoms with Gasteiger partial charge in [0, 0.05) is 12.1 Å². The van der Waals surface area contributed by atoms with Crippen molar-refractivity contribution in [2.75, 3.05) is 20.2 Å². The van der Waals surface area contributed by atoms with Gasteiger partial charge in [-0.05, 0) is 55.6 Å². The predicted molar refractivity (Wildman–Crippen MR) is 124 cm³/mol. The lowest BCUT2D eigenvalue weighted by atomic mass is 10.1. The molecule has 0 aliphatic carbocycles. The molecule has 0 saturated heterocycles. The largest absolute Gasteiger partial charge is 0.493 e.